The molecule has 0 aromatic carbocycles. The highest BCUT2D eigenvalue weighted by Gasteiger charge is 2.47. The maximum Gasteiger partial charge on any atom is 0.263 e. The number of piperidine rings is 2. The van der Waals surface area contributed by atoms with Crippen molar-refractivity contribution in [1.29, 1.82) is 0 Å². The van der Waals surface area contributed by atoms with Crippen molar-refractivity contribution in [2.75, 3.05) is 33.2 Å². The summed E-state index contributed by atoms with van der Waals surface area (Å²) < 4.78 is 30.1. The van der Waals surface area contributed by atoms with E-state index in [-0.39, 0.29) is 18.4 Å². The Morgan fingerprint density at radius 3 is 2.31 bits per heavy atom. The molecule has 0 spiro atoms. The molecule has 2 aliphatic heterocycles. The van der Waals surface area contributed by atoms with E-state index < -0.39 is 5.92 Å². The van der Waals surface area contributed by atoms with E-state index in [1.165, 1.54) is 0 Å². The Kier molecular flexibility index (Phi) is 4.06. The van der Waals surface area contributed by atoms with Crippen LogP contribution in [0.5, 0.6) is 0 Å². The van der Waals surface area contributed by atoms with Gasteiger partial charge in [-0.3, -0.25) is 0 Å². The zero-order valence-corrected chi connectivity index (χ0v) is 11.8. The molecule has 0 bridgehead atoms. The summed E-state index contributed by atoms with van der Waals surface area (Å²) in [6.45, 7) is 2.70. The molecule has 0 aromatic rings. The minimum atomic E-state index is -2.48. The van der Waals surface area contributed by atoms with E-state index in [1.807, 2.05) is 0 Å². The first kappa shape index (κ1) is 13.0. The van der Waals surface area contributed by atoms with Crippen LogP contribution >= 0.6 is 22.9 Å². The standard InChI is InChI=1S/C11H19F2IN2/c1-15-5-4-10(11(12,13)8-15)9-2-6-16(14)7-3-9/h9-10H,2-8H2,1H3. The van der Waals surface area contributed by atoms with Crippen LogP contribution in [0.15, 0.2) is 0 Å². The highest BCUT2D eigenvalue weighted by atomic mass is 127. The minimum absolute atomic E-state index is 0.0535. The second kappa shape index (κ2) is 5.02. The molecule has 1 atom stereocenters. The van der Waals surface area contributed by atoms with Gasteiger partial charge in [-0.15, -0.1) is 0 Å². The summed E-state index contributed by atoms with van der Waals surface area (Å²) in [6, 6.07) is 0. The molecule has 2 nitrogen and oxygen atoms in total. The summed E-state index contributed by atoms with van der Waals surface area (Å²) in [5, 5.41) is 0. The summed E-state index contributed by atoms with van der Waals surface area (Å²) in [4.78, 5) is 1.75. The molecule has 1 unspecified atom stereocenters. The van der Waals surface area contributed by atoms with Crippen LogP contribution in [0.4, 0.5) is 8.78 Å². The fraction of sp³-hybridized carbons (Fsp3) is 1.00. The zero-order chi connectivity index (χ0) is 11.8. The predicted molar refractivity (Wildman–Crippen MR) is 68.9 cm³/mol. The van der Waals surface area contributed by atoms with Gasteiger partial charge in [0.05, 0.1) is 6.54 Å². The van der Waals surface area contributed by atoms with Crippen molar-refractivity contribution in [3.8, 4) is 0 Å². The highest BCUT2D eigenvalue weighted by Crippen LogP contribution is 2.41. The van der Waals surface area contributed by atoms with Crippen LogP contribution in [-0.4, -0.2) is 47.2 Å². The Hall–Kier alpha value is 0.510. The lowest BCUT2D eigenvalue weighted by atomic mass is 9.77. The van der Waals surface area contributed by atoms with Crippen molar-refractivity contribution in [3.63, 3.8) is 0 Å². The zero-order valence-electron chi connectivity index (χ0n) is 9.63. The fourth-order valence-corrected chi connectivity index (χ4v) is 3.53. The van der Waals surface area contributed by atoms with Crippen LogP contribution < -0.4 is 0 Å². The third-order valence-corrected chi connectivity index (χ3v) is 4.86. The predicted octanol–water partition coefficient (Wildman–Crippen LogP) is 2.64. The molecule has 2 saturated heterocycles. The number of nitrogens with zero attached hydrogens (tertiary/aromatic N) is 2. The first-order chi connectivity index (χ1) is 7.49. The van der Waals surface area contributed by atoms with Gasteiger partial charge in [0, 0.05) is 41.9 Å². The molecule has 94 valence electrons. The van der Waals surface area contributed by atoms with Crippen LogP contribution in [0.1, 0.15) is 19.3 Å². The molecule has 5 heteroatoms. The van der Waals surface area contributed by atoms with Gasteiger partial charge in [0.2, 0.25) is 0 Å². The summed E-state index contributed by atoms with van der Waals surface area (Å²) in [7, 11) is 1.79. The molecule has 16 heavy (non-hydrogen) atoms. The third-order valence-electron chi connectivity index (χ3n) is 3.90. The number of halogens is 3. The van der Waals surface area contributed by atoms with Crippen LogP contribution in [0.25, 0.3) is 0 Å². The van der Waals surface area contributed by atoms with Crippen molar-refractivity contribution < 1.29 is 8.78 Å². The van der Waals surface area contributed by atoms with E-state index in [0.29, 0.717) is 6.42 Å². The SMILES string of the molecule is CN1CCC(C2CCN(I)CC2)C(F)(F)C1. The molecule has 2 rings (SSSR count). The second-order valence-corrected chi connectivity index (χ2v) is 6.51. The van der Waals surface area contributed by atoms with Crippen molar-refractivity contribution in [3.05, 3.63) is 0 Å². The van der Waals surface area contributed by atoms with Crippen LogP contribution in [0, 0.1) is 11.8 Å². The van der Waals surface area contributed by atoms with E-state index in [4.69, 9.17) is 0 Å². The Morgan fingerprint density at radius 2 is 1.75 bits per heavy atom. The van der Waals surface area contributed by atoms with Crippen LogP contribution in [0.2, 0.25) is 0 Å². The Balaban J connectivity index is 1.98. The van der Waals surface area contributed by atoms with Crippen molar-refractivity contribution in [1.82, 2.24) is 8.01 Å². The van der Waals surface area contributed by atoms with Crippen molar-refractivity contribution in [2.45, 2.75) is 25.2 Å². The van der Waals surface area contributed by atoms with Gasteiger partial charge in [-0.2, -0.15) is 0 Å². The molecular weight excluding hydrogens is 325 g/mol. The molecule has 2 aliphatic rings. The van der Waals surface area contributed by atoms with E-state index in [0.717, 1.165) is 32.5 Å². The monoisotopic (exact) mass is 344 g/mol. The third kappa shape index (κ3) is 2.85. The normalized spacial score (nSPS) is 34.1. The average molecular weight is 344 g/mol. The molecule has 0 radical (unpaired) electrons. The lowest BCUT2D eigenvalue weighted by Gasteiger charge is -2.42. The fourth-order valence-electron chi connectivity index (χ4n) is 2.98. The van der Waals surface area contributed by atoms with Gasteiger partial charge in [0.25, 0.3) is 5.92 Å². The smallest absolute Gasteiger partial charge is 0.263 e. The lowest BCUT2D eigenvalue weighted by molar-refractivity contribution is -0.128. The van der Waals surface area contributed by atoms with E-state index in [1.54, 1.807) is 11.9 Å². The van der Waals surface area contributed by atoms with Gasteiger partial charge in [-0.25, -0.2) is 11.9 Å². The number of rotatable bonds is 1. The lowest BCUT2D eigenvalue weighted by Crippen LogP contribution is -2.50. The van der Waals surface area contributed by atoms with E-state index in [2.05, 4.69) is 26.0 Å². The number of likely N-dealkylation sites (tertiary alicyclic amines) is 1. The molecule has 0 aliphatic carbocycles. The number of hydrogen-bond acceptors (Lipinski definition) is 2. The molecule has 2 heterocycles. The van der Waals surface area contributed by atoms with Gasteiger partial charge in [0.1, 0.15) is 0 Å². The molecule has 0 aromatic heterocycles. The minimum Gasteiger partial charge on any atom is -0.301 e. The molecular formula is C11H19F2IN2. The van der Waals surface area contributed by atoms with Crippen LogP contribution in [0.3, 0.4) is 0 Å². The number of hydrogen-bond donors (Lipinski definition) is 0. The first-order valence-corrected chi connectivity index (χ1v) is 6.92. The Morgan fingerprint density at radius 1 is 1.12 bits per heavy atom. The van der Waals surface area contributed by atoms with E-state index >= 15 is 0 Å². The summed E-state index contributed by atoms with van der Waals surface area (Å²) in [5.41, 5.74) is 0. The maximum absolute atomic E-state index is 13.9. The molecule has 0 amide bonds. The van der Waals surface area contributed by atoms with Gasteiger partial charge in [0.15, 0.2) is 0 Å². The van der Waals surface area contributed by atoms with Crippen molar-refractivity contribution in [2.24, 2.45) is 11.8 Å². The van der Waals surface area contributed by atoms with Gasteiger partial charge < -0.3 is 4.90 Å². The highest BCUT2D eigenvalue weighted by molar-refractivity contribution is 14.1. The Bertz CT molecular complexity index is 242. The van der Waals surface area contributed by atoms with Gasteiger partial charge >= 0.3 is 0 Å². The quantitative estimate of drug-likeness (QED) is 0.533. The Labute approximate surface area is 110 Å². The van der Waals surface area contributed by atoms with Crippen LogP contribution in [-0.2, 0) is 0 Å². The largest absolute Gasteiger partial charge is 0.301 e. The summed E-state index contributed by atoms with van der Waals surface area (Å²) in [6.07, 6.45) is 2.54. The topological polar surface area (TPSA) is 6.48 Å². The first-order valence-electron chi connectivity index (χ1n) is 5.96. The van der Waals surface area contributed by atoms with E-state index in [9.17, 15) is 8.78 Å². The van der Waals surface area contributed by atoms with Gasteiger partial charge in [-0.1, -0.05) is 0 Å². The molecule has 2 fully saturated rings. The summed E-state index contributed by atoms with van der Waals surface area (Å²) in [5.74, 6) is -2.63. The maximum atomic E-state index is 13.9. The molecule has 0 N–H and O–H groups in total. The van der Waals surface area contributed by atoms with Crippen molar-refractivity contribution >= 4 is 22.9 Å². The average Bonchev–Trinajstić information content (AvgIpc) is 2.18. The summed E-state index contributed by atoms with van der Waals surface area (Å²) >= 11 is 2.29. The molecule has 0 saturated carbocycles. The van der Waals surface area contributed by atoms with Gasteiger partial charge in [-0.05, 0) is 38.8 Å². The second-order valence-electron chi connectivity index (χ2n) is 5.14. The number of alkyl halides is 2.